The summed E-state index contributed by atoms with van der Waals surface area (Å²) in [5, 5.41) is 2.95. The van der Waals surface area contributed by atoms with Gasteiger partial charge >= 0.3 is 0 Å². The molecule has 20 heavy (non-hydrogen) atoms. The van der Waals surface area contributed by atoms with E-state index in [0.717, 1.165) is 0 Å². The third-order valence-corrected chi connectivity index (χ3v) is 3.04. The van der Waals surface area contributed by atoms with Crippen LogP contribution >= 0.6 is 0 Å². The lowest BCUT2D eigenvalue weighted by molar-refractivity contribution is 0.0682. The molecule has 0 fully saturated rings. The Morgan fingerprint density at radius 3 is 2.45 bits per heavy atom. The van der Waals surface area contributed by atoms with Crippen molar-refractivity contribution < 1.29 is 9.18 Å². The molecule has 0 aliphatic heterocycles. The maximum absolute atomic E-state index is 13.9. The van der Waals surface area contributed by atoms with Crippen molar-refractivity contribution in [3.8, 4) is 0 Å². The van der Waals surface area contributed by atoms with Crippen LogP contribution in [-0.2, 0) is 0 Å². The van der Waals surface area contributed by atoms with Crippen LogP contribution < -0.4 is 5.32 Å². The Kier molecular flexibility index (Phi) is 5.99. The maximum atomic E-state index is 13.9. The molecule has 0 radical (unpaired) electrons. The molecule has 1 rings (SSSR count). The first-order valence-electron chi connectivity index (χ1n) is 7.21. The molecule has 0 saturated heterocycles. The number of halogens is 1. The first-order valence-corrected chi connectivity index (χ1v) is 7.21. The summed E-state index contributed by atoms with van der Waals surface area (Å²) in [5.41, 5.74) is 0.704. The van der Waals surface area contributed by atoms with Crippen LogP contribution in [0.2, 0.25) is 0 Å². The Bertz CT molecular complexity index is 458. The minimum Gasteiger partial charge on any atom is -0.382 e. The summed E-state index contributed by atoms with van der Waals surface area (Å²) in [6.07, 6.45) is 0. The van der Waals surface area contributed by atoms with Gasteiger partial charge in [-0.05, 0) is 38.8 Å². The highest BCUT2D eigenvalue weighted by Crippen LogP contribution is 2.22. The standard InChI is InChI=1S/C16H25FN2O/c1-6-18-15-13(8-7-9-14(15)17)16(20)19(12(4)5)10-11(2)3/h7-9,11-12,18H,6,10H2,1-5H3. The van der Waals surface area contributed by atoms with E-state index in [0.29, 0.717) is 30.3 Å². The minimum atomic E-state index is -0.383. The number of para-hydroxylation sites is 1. The number of nitrogens with zero attached hydrogens (tertiary/aromatic N) is 1. The zero-order valence-corrected chi connectivity index (χ0v) is 13.0. The van der Waals surface area contributed by atoms with Gasteiger partial charge in [0.1, 0.15) is 5.82 Å². The molecule has 0 heterocycles. The minimum absolute atomic E-state index is 0.0858. The number of carbonyl (C=O) groups is 1. The van der Waals surface area contributed by atoms with Crippen LogP contribution in [0.1, 0.15) is 45.0 Å². The summed E-state index contributed by atoms with van der Waals surface area (Å²) in [6.45, 7) is 11.2. The molecule has 3 nitrogen and oxygen atoms in total. The molecule has 1 amide bonds. The highest BCUT2D eigenvalue weighted by atomic mass is 19.1. The summed E-state index contributed by atoms with van der Waals surface area (Å²) in [4.78, 5) is 14.5. The van der Waals surface area contributed by atoms with Gasteiger partial charge in [0.25, 0.3) is 5.91 Å². The van der Waals surface area contributed by atoms with E-state index in [1.165, 1.54) is 6.07 Å². The van der Waals surface area contributed by atoms with E-state index < -0.39 is 0 Å². The predicted molar refractivity (Wildman–Crippen MR) is 81.6 cm³/mol. The SMILES string of the molecule is CCNc1c(F)cccc1C(=O)N(CC(C)C)C(C)C. The average Bonchev–Trinajstić information content (AvgIpc) is 2.37. The largest absolute Gasteiger partial charge is 0.382 e. The summed E-state index contributed by atoms with van der Waals surface area (Å²) in [7, 11) is 0. The van der Waals surface area contributed by atoms with E-state index in [1.807, 2.05) is 20.8 Å². The molecule has 4 heteroatoms. The van der Waals surface area contributed by atoms with Gasteiger partial charge < -0.3 is 10.2 Å². The van der Waals surface area contributed by atoms with E-state index in [2.05, 4.69) is 19.2 Å². The van der Waals surface area contributed by atoms with Crippen LogP contribution in [0.5, 0.6) is 0 Å². The molecule has 112 valence electrons. The number of carbonyl (C=O) groups excluding carboxylic acids is 1. The zero-order valence-electron chi connectivity index (χ0n) is 13.0. The number of hydrogen-bond acceptors (Lipinski definition) is 2. The maximum Gasteiger partial charge on any atom is 0.256 e. The van der Waals surface area contributed by atoms with Crippen molar-refractivity contribution in [2.75, 3.05) is 18.4 Å². The first kappa shape index (κ1) is 16.5. The van der Waals surface area contributed by atoms with Gasteiger partial charge in [-0.1, -0.05) is 19.9 Å². The molecule has 0 aliphatic carbocycles. The highest BCUT2D eigenvalue weighted by molar-refractivity contribution is 5.99. The van der Waals surface area contributed by atoms with Gasteiger partial charge in [-0.15, -0.1) is 0 Å². The van der Waals surface area contributed by atoms with Crippen molar-refractivity contribution in [3.05, 3.63) is 29.6 Å². The van der Waals surface area contributed by atoms with Crippen molar-refractivity contribution in [1.82, 2.24) is 4.90 Å². The van der Waals surface area contributed by atoms with Crippen LogP contribution in [0.25, 0.3) is 0 Å². The summed E-state index contributed by atoms with van der Waals surface area (Å²) in [6, 6.07) is 4.72. The highest BCUT2D eigenvalue weighted by Gasteiger charge is 2.23. The van der Waals surface area contributed by atoms with E-state index >= 15 is 0 Å². The molecule has 0 unspecified atom stereocenters. The van der Waals surface area contributed by atoms with Gasteiger partial charge in [-0.25, -0.2) is 4.39 Å². The van der Waals surface area contributed by atoms with Crippen molar-refractivity contribution in [1.29, 1.82) is 0 Å². The van der Waals surface area contributed by atoms with E-state index in [4.69, 9.17) is 0 Å². The van der Waals surface area contributed by atoms with Crippen LogP contribution in [0, 0.1) is 11.7 Å². The molecule has 0 aliphatic rings. The Labute approximate surface area is 121 Å². The third kappa shape index (κ3) is 3.95. The Morgan fingerprint density at radius 1 is 1.30 bits per heavy atom. The molecule has 0 spiro atoms. The Hall–Kier alpha value is -1.58. The number of hydrogen-bond donors (Lipinski definition) is 1. The zero-order chi connectivity index (χ0) is 15.3. The van der Waals surface area contributed by atoms with Gasteiger partial charge in [-0.3, -0.25) is 4.79 Å². The molecule has 0 bridgehead atoms. The van der Waals surface area contributed by atoms with Crippen LogP contribution in [0.4, 0.5) is 10.1 Å². The second-order valence-electron chi connectivity index (χ2n) is 5.64. The summed E-state index contributed by atoms with van der Waals surface area (Å²) < 4.78 is 13.9. The number of amides is 1. The molecule has 0 atom stereocenters. The van der Waals surface area contributed by atoms with Crippen LogP contribution in [0.3, 0.4) is 0 Å². The predicted octanol–water partition coefficient (Wildman–Crippen LogP) is 3.76. The van der Waals surface area contributed by atoms with Crippen molar-refractivity contribution in [3.63, 3.8) is 0 Å². The molecule has 0 saturated carbocycles. The lowest BCUT2D eigenvalue weighted by atomic mass is 10.1. The summed E-state index contributed by atoms with van der Waals surface area (Å²) in [5.74, 6) is -0.132. The fourth-order valence-electron chi connectivity index (χ4n) is 2.14. The second kappa shape index (κ2) is 7.27. The molecule has 0 aromatic heterocycles. The normalized spacial score (nSPS) is 11.0. The van der Waals surface area contributed by atoms with Gasteiger partial charge in [0.15, 0.2) is 0 Å². The van der Waals surface area contributed by atoms with Crippen molar-refractivity contribution in [2.45, 2.75) is 40.7 Å². The molecular weight excluding hydrogens is 255 g/mol. The third-order valence-electron chi connectivity index (χ3n) is 3.04. The van der Waals surface area contributed by atoms with Gasteiger partial charge in [0.05, 0.1) is 11.3 Å². The second-order valence-corrected chi connectivity index (χ2v) is 5.64. The van der Waals surface area contributed by atoms with E-state index in [1.54, 1.807) is 17.0 Å². The average molecular weight is 280 g/mol. The van der Waals surface area contributed by atoms with Crippen LogP contribution in [0.15, 0.2) is 18.2 Å². The van der Waals surface area contributed by atoms with Crippen molar-refractivity contribution in [2.24, 2.45) is 5.92 Å². The lowest BCUT2D eigenvalue weighted by Crippen LogP contribution is -2.39. The van der Waals surface area contributed by atoms with Gasteiger partial charge in [-0.2, -0.15) is 0 Å². The molecule has 1 N–H and O–H groups in total. The Balaban J connectivity index is 3.14. The Morgan fingerprint density at radius 2 is 1.95 bits per heavy atom. The van der Waals surface area contributed by atoms with E-state index in [-0.39, 0.29) is 17.8 Å². The molecular formula is C16H25FN2O. The number of benzene rings is 1. The fourth-order valence-corrected chi connectivity index (χ4v) is 2.14. The van der Waals surface area contributed by atoms with Gasteiger partial charge in [0.2, 0.25) is 0 Å². The molecule has 1 aromatic rings. The first-order chi connectivity index (χ1) is 9.38. The number of anilines is 1. The smallest absolute Gasteiger partial charge is 0.256 e. The number of rotatable bonds is 6. The molecule has 1 aromatic carbocycles. The monoisotopic (exact) mass is 280 g/mol. The quantitative estimate of drug-likeness (QED) is 0.860. The van der Waals surface area contributed by atoms with Crippen molar-refractivity contribution >= 4 is 11.6 Å². The summed E-state index contributed by atoms with van der Waals surface area (Å²) >= 11 is 0. The lowest BCUT2D eigenvalue weighted by Gasteiger charge is -2.29. The van der Waals surface area contributed by atoms with E-state index in [9.17, 15) is 9.18 Å². The van der Waals surface area contributed by atoms with Gasteiger partial charge in [0, 0.05) is 19.1 Å². The van der Waals surface area contributed by atoms with Crippen LogP contribution in [-0.4, -0.2) is 29.9 Å². The topological polar surface area (TPSA) is 32.3 Å². The fraction of sp³-hybridized carbons (Fsp3) is 0.562. The number of nitrogens with one attached hydrogen (secondary N) is 1.